The number of rotatable bonds is 4. The van der Waals surface area contributed by atoms with Crippen LogP contribution in [0.1, 0.15) is 33.9 Å². The molecule has 0 radical (unpaired) electrons. The molecule has 3 aromatic carbocycles. The third-order valence-electron chi connectivity index (χ3n) is 4.46. The van der Waals surface area contributed by atoms with Crippen LogP contribution in [0.4, 0.5) is 5.69 Å². The lowest BCUT2D eigenvalue weighted by molar-refractivity contribution is 0.768. The Labute approximate surface area is 161 Å². The second-order valence-electron chi connectivity index (χ2n) is 6.67. The number of nitrogens with one attached hydrogen (secondary N) is 2. The minimum atomic E-state index is 0.00177. The Morgan fingerprint density at radius 2 is 1.38 bits per heavy atom. The third kappa shape index (κ3) is 4.50. The Morgan fingerprint density at radius 3 is 2.08 bits per heavy atom. The smallest absolute Gasteiger partial charge is 0.171 e. The SMILES string of the molecule is Cc1ccc([C@H](NC(=S)Nc2cc(C)ccc2C)c2ccccc2)cc1. The van der Waals surface area contributed by atoms with Gasteiger partial charge in [0.2, 0.25) is 0 Å². The van der Waals surface area contributed by atoms with Crippen LogP contribution in [0.15, 0.2) is 72.8 Å². The maximum atomic E-state index is 5.62. The molecule has 0 amide bonds. The fourth-order valence-corrected chi connectivity index (χ4v) is 3.15. The second kappa shape index (κ2) is 8.15. The minimum Gasteiger partial charge on any atom is -0.352 e. The first-order chi connectivity index (χ1) is 12.5. The number of thiocarbonyl (C=S) groups is 1. The normalized spacial score (nSPS) is 11.7. The average Bonchev–Trinajstić information content (AvgIpc) is 2.64. The summed E-state index contributed by atoms with van der Waals surface area (Å²) < 4.78 is 0. The highest BCUT2D eigenvalue weighted by Gasteiger charge is 2.15. The van der Waals surface area contributed by atoms with Crippen molar-refractivity contribution in [2.24, 2.45) is 0 Å². The summed E-state index contributed by atoms with van der Waals surface area (Å²) in [5.74, 6) is 0. The van der Waals surface area contributed by atoms with Gasteiger partial charge in [-0.15, -0.1) is 0 Å². The van der Waals surface area contributed by atoms with Crippen molar-refractivity contribution in [3.63, 3.8) is 0 Å². The molecule has 0 fully saturated rings. The molecule has 2 N–H and O–H groups in total. The van der Waals surface area contributed by atoms with Gasteiger partial charge in [0.25, 0.3) is 0 Å². The van der Waals surface area contributed by atoms with Gasteiger partial charge in [-0.2, -0.15) is 0 Å². The number of aryl methyl sites for hydroxylation is 3. The van der Waals surface area contributed by atoms with Crippen molar-refractivity contribution in [1.29, 1.82) is 0 Å². The first-order valence-corrected chi connectivity index (χ1v) is 9.20. The third-order valence-corrected chi connectivity index (χ3v) is 4.68. The topological polar surface area (TPSA) is 24.1 Å². The molecule has 0 saturated carbocycles. The average molecular weight is 361 g/mol. The zero-order chi connectivity index (χ0) is 18.5. The van der Waals surface area contributed by atoms with E-state index in [0.29, 0.717) is 5.11 Å². The largest absolute Gasteiger partial charge is 0.352 e. The fraction of sp³-hybridized carbons (Fsp3) is 0.174. The van der Waals surface area contributed by atoms with Crippen molar-refractivity contribution < 1.29 is 0 Å². The molecule has 132 valence electrons. The van der Waals surface area contributed by atoms with Crippen LogP contribution in [0.5, 0.6) is 0 Å². The highest BCUT2D eigenvalue weighted by atomic mass is 32.1. The molecule has 3 aromatic rings. The van der Waals surface area contributed by atoms with Crippen molar-refractivity contribution in [2.75, 3.05) is 5.32 Å². The molecule has 0 aliphatic rings. The molecule has 0 aromatic heterocycles. The Hall–Kier alpha value is -2.65. The van der Waals surface area contributed by atoms with Crippen LogP contribution >= 0.6 is 12.2 Å². The molecule has 0 bridgehead atoms. The fourth-order valence-electron chi connectivity index (χ4n) is 2.92. The van der Waals surface area contributed by atoms with Gasteiger partial charge in [-0.25, -0.2) is 0 Å². The van der Waals surface area contributed by atoms with Crippen LogP contribution in [0.3, 0.4) is 0 Å². The molecule has 0 aliphatic heterocycles. The van der Waals surface area contributed by atoms with Gasteiger partial charge < -0.3 is 10.6 Å². The summed E-state index contributed by atoms with van der Waals surface area (Å²) in [6.07, 6.45) is 0. The van der Waals surface area contributed by atoms with E-state index in [2.05, 4.69) is 98.1 Å². The Balaban J connectivity index is 1.84. The summed E-state index contributed by atoms with van der Waals surface area (Å²) in [6.45, 7) is 6.26. The van der Waals surface area contributed by atoms with Crippen LogP contribution in [-0.2, 0) is 0 Å². The lowest BCUT2D eigenvalue weighted by atomic mass is 9.98. The number of anilines is 1. The van der Waals surface area contributed by atoms with Crippen LogP contribution in [-0.4, -0.2) is 5.11 Å². The highest BCUT2D eigenvalue weighted by Crippen LogP contribution is 2.23. The zero-order valence-corrected chi connectivity index (χ0v) is 16.2. The van der Waals surface area contributed by atoms with E-state index in [1.54, 1.807) is 0 Å². The van der Waals surface area contributed by atoms with E-state index in [4.69, 9.17) is 12.2 Å². The first-order valence-electron chi connectivity index (χ1n) is 8.79. The van der Waals surface area contributed by atoms with Crippen molar-refractivity contribution in [1.82, 2.24) is 5.32 Å². The van der Waals surface area contributed by atoms with Crippen molar-refractivity contribution in [3.8, 4) is 0 Å². The van der Waals surface area contributed by atoms with Gasteiger partial charge in [-0.3, -0.25) is 0 Å². The van der Waals surface area contributed by atoms with E-state index in [-0.39, 0.29) is 6.04 Å². The van der Waals surface area contributed by atoms with E-state index in [0.717, 1.165) is 5.69 Å². The molecule has 0 unspecified atom stereocenters. The highest BCUT2D eigenvalue weighted by molar-refractivity contribution is 7.80. The number of hydrogen-bond acceptors (Lipinski definition) is 1. The Kier molecular flexibility index (Phi) is 5.69. The van der Waals surface area contributed by atoms with Crippen LogP contribution in [0.2, 0.25) is 0 Å². The Bertz CT molecular complexity index is 886. The van der Waals surface area contributed by atoms with E-state index in [1.165, 1.54) is 27.8 Å². The molecule has 3 rings (SSSR count). The van der Waals surface area contributed by atoms with E-state index < -0.39 is 0 Å². The van der Waals surface area contributed by atoms with E-state index in [1.807, 2.05) is 6.07 Å². The molecule has 0 saturated heterocycles. The molecule has 3 heteroatoms. The van der Waals surface area contributed by atoms with Gasteiger partial charge in [0.15, 0.2) is 5.11 Å². The van der Waals surface area contributed by atoms with Crippen LogP contribution in [0.25, 0.3) is 0 Å². The minimum absolute atomic E-state index is 0.00177. The zero-order valence-electron chi connectivity index (χ0n) is 15.4. The second-order valence-corrected chi connectivity index (χ2v) is 7.08. The predicted molar refractivity (Wildman–Crippen MR) is 115 cm³/mol. The van der Waals surface area contributed by atoms with Crippen molar-refractivity contribution >= 4 is 23.0 Å². The summed E-state index contributed by atoms with van der Waals surface area (Å²) >= 11 is 5.62. The van der Waals surface area contributed by atoms with Gasteiger partial charge in [-0.05, 0) is 61.3 Å². The maximum absolute atomic E-state index is 5.62. The molecule has 26 heavy (non-hydrogen) atoms. The predicted octanol–water partition coefficient (Wildman–Crippen LogP) is 5.69. The lowest BCUT2D eigenvalue weighted by Crippen LogP contribution is -2.33. The summed E-state index contributed by atoms with van der Waals surface area (Å²) in [5.41, 5.74) is 7.04. The van der Waals surface area contributed by atoms with Crippen molar-refractivity contribution in [3.05, 3.63) is 101 Å². The summed E-state index contributed by atoms with van der Waals surface area (Å²) in [6, 6.07) is 25.3. The lowest BCUT2D eigenvalue weighted by Gasteiger charge is -2.23. The summed E-state index contributed by atoms with van der Waals surface area (Å²) in [7, 11) is 0. The molecule has 1 atom stereocenters. The van der Waals surface area contributed by atoms with Gasteiger partial charge in [-0.1, -0.05) is 72.3 Å². The van der Waals surface area contributed by atoms with Gasteiger partial charge in [0.1, 0.15) is 0 Å². The maximum Gasteiger partial charge on any atom is 0.171 e. The van der Waals surface area contributed by atoms with E-state index in [9.17, 15) is 0 Å². The van der Waals surface area contributed by atoms with Gasteiger partial charge >= 0.3 is 0 Å². The monoisotopic (exact) mass is 360 g/mol. The summed E-state index contributed by atoms with van der Waals surface area (Å²) in [5, 5.41) is 7.46. The van der Waals surface area contributed by atoms with Gasteiger partial charge in [0, 0.05) is 5.69 Å². The standard InChI is InChI=1S/C23H24N2S/c1-16-10-13-20(14-11-16)22(19-7-5-4-6-8-19)25-23(26)24-21-15-17(2)9-12-18(21)3/h4-15,22H,1-3H3,(H2,24,25,26)/t22-/m1/s1. The first kappa shape index (κ1) is 18.2. The molecular formula is C23H24N2S. The van der Waals surface area contributed by atoms with E-state index >= 15 is 0 Å². The Morgan fingerprint density at radius 1 is 0.769 bits per heavy atom. The quantitative estimate of drug-likeness (QED) is 0.585. The molecule has 0 aliphatic carbocycles. The number of hydrogen-bond donors (Lipinski definition) is 2. The molecule has 0 spiro atoms. The molecular weight excluding hydrogens is 336 g/mol. The molecule has 0 heterocycles. The van der Waals surface area contributed by atoms with Crippen LogP contribution < -0.4 is 10.6 Å². The summed E-state index contributed by atoms with van der Waals surface area (Å²) in [4.78, 5) is 0. The van der Waals surface area contributed by atoms with Crippen LogP contribution in [0, 0.1) is 20.8 Å². The number of benzene rings is 3. The van der Waals surface area contributed by atoms with Gasteiger partial charge in [0.05, 0.1) is 6.04 Å². The van der Waals surface area contributed by atoms with Crippen molar-refractivity contribution in [2.45, 2.75) is 26.8 Å². The molecule has 2 nitrogen and oxygen atoms in total.